The zero-order valence-electron chi connectivity index (χ0n) is 15.4. The number of carbonyl (C=O) groups is 1. The van der Waals surface area contributed by atoms with E-state index in [4.69, 9.17) is 9.26 Å². The fourth-order valence-corrected chi connectivity index (χ4v) is 2.76. The Hall–Kier alpha value is -3.75. The number of nitrogens with zero attached hydrogens (tertiary/aromatic N) is 5. The summed E-state index contributed by atoms with van der Waals surface area (Å²) < 4.78 is 12.2. The third kappa shape index (κ3) is 3.54. The van der Waals surface area contributed by atoms with Crippen LogP contribution < -0.4 is 10.1 Å². The van der Waals surface area contributed by atoms with Crippen LogP contribution in [0, 0.1) is 0 Å². The van der Waals surface area contributed by atoms with Gasteiger partial charge in [0, 0.05) is 29.9 Å². The average molecular weight is 378 g/mol. The van der Waals surface area contributed by atoms with Gasteiger partial charge in [-0.3, -0.25) is 9.20 Å². The molecule has 3 heterocycles. The second-order valence-corrected chi connectivity index (χ2v) is 6.09. The van der Waals surface area contributed by atoms with Crippen LogP contribution in [0.4, 0.5) is 5.69 Å². The standard InChI is InChI=1S/C19H18N6O3/c1-3-15-21-19(28-24-15)12-7-8-25-16(9-12)22-23-17(25)11-18(26)20-13-5-4-6-14(10-13)27-2/h4-10H,3,11H2,1-2H3,(H,20,26). The molecule has 0 saturated carbocycles. The van der Waals surface area contributed by atoms with E-state index >= 15 is 0 Å². The van der Waals surface area contributed by atoms with E-state index in [0.717, 1.165) is 5.56 Å². The topological polar surface area (TPSA) is 107 Å². The van der Waals surface area contributed by atoms with E-state index in [9.17, 15) is 4.79 Å². The van der Waals surface area contributed by atoms with Gasteiger partial charge in [0.15, 0.2) is 11.5 Å². The van der Waals surface area contributed by atoms with E-state index in [0.29, 0.717) is 41.0 Å². The molecule has 3 aromatic heterocycles. The molecule has 0 fully saturated rings. The molecular weight excluding hydrogens is 360 g/mol. The molecule has 1 amide bonds. The molecule has 0 spiro atoms. The Morgan fingerprint density at radius 2 is 2.14 bits per heavy atom. The van der Waals surface area contributed by atoms with Gasteiger partial charge >= 0.3 is 0 Å². The van der Waals surface area contributed by atoms with Crippen molar-refractivity contribution in [1.82, 2.24) is 24.7 Å². The van der Waals surface area contributed by atoms with E-state index in [1.807, 2.05) is 25.1 Å². The smallest absolute Gasteiger partial charge is 0.258 e. The molecule has 0 saturated heterocycles. The number of hydrogen-bond acceptors (Lipinski definition) is 7. The van der Waals surface area contributed by atoms with Crippen LogP contribution in [0.15, 0.2) is 47.1 Å². The third-order valence-electron chi connectivity index (χ3n) is 4.18. The monoisotopic (exact) mass is 378 g/mol. The normalized spacial score (nSPS) is 10.9. The number of pyridine rings is 1. The molecular formula is C19H18N6O3. The molecule has 142 valence electrons. The Morgan fingerprint density at radius 3 is 2.93 bits per heavy atom. The molecule has 0 unspecified atom stereocenters. The van der Waals surface area contributed by atoms with Crippen molar-refractivity contribution in [1.29, 1.82) is 0 Å². The highest BCUT2D eigenvalue weighted by Gasteiger charge is 2.14. The number of aryl methyl sites for hydroxylation is 1. The second-order valence-electron chi connectivity index (χ2n) is 6.09. The van der Waals surface area contributed by atoms with Gasteiger partial charge in [0.25, 0.3) is 5.89 Å². The summed E-state index contributed by atoms with van der Waals surface area (Å²) in [6.07, 6.45) is 2.57. The lowest BCUT2D eigenvalue weighted by molar-refractivity contribution is -0.115. The Bertz CT molecular complexity index is 1130. The largest absolute Gasteiger partial charge is 0.497 e. The van der Waals surface area contributed by atoms with Crippen molar-refractivity contribution in [3.63, 3.8) is 0 Å². The Kier molecular flexibility index (Phi) is 4.71. The minimum Gasteiger partial charge on any atom is -0.497 e. The van der Waals surface area contributed by atoms with Gasteiger partial charge in [0.2, 0.25) is 5.91 Å². The van der Waals surface area contributed by atoms with Crippen LogP contribution in [-0.2, 0) is 17.6 Å². The molecule has 28 heavy (non-hydrogen) atoms. The van der Waals surface area contributed by atoms with Crippen molar-refractivity contribution in [2.45, 2.75) is 19.8 Å². The molecule has 0 aliphatic rings. The molecule has 9 heteroatoms. The highest BCUT2D eigenvalue weighted by Crippen LogP contribution is 2.20. The summed E-state index contributed by atoms with van der Waals surface area (Å²) in [4.78, 5) is 16.7. The van der Waals surface area contributed by atoms with Gasteiger partial charge in [0.1, 0.15) is 11.6 Å². The number of benzene rings is 1. The minimum absolute atomic E-state index is 0.0816. The first-order valence-corrected chi connectivity index (χ1v) is 8.77. The van der Waals surface area contributed by atoms with Crippen LogP contribution in [0.25, 0.3) is 17.1 Å². The number of carbonyl (C=O) groups excluding carboxylic acids is 1. The number of rotatable bonds is 6. The number of hydrogen-bond donors (Lipinski definition) is 1. The van der Waals surface area contributed by atoms with Crippen LogP contribution in [0.3, 0.4) is 0 Å². The van der Waals surface area contributed by atoms with Gasteiger partial charge in [-0.2, -0.15) is 4.98 Å². The second kappa shape index (κ2) is 7.47. The molecule has 1 N–H and O–H groups in total. The van der Waals surface area contributed by atoms with Crippen LogP contribution >= 0.6 is 0 Å². The molecule has 4 rings (SSSR count). The number of methoxy groups -OCH3 is 1. The number of fused-ring (bicyclic) bond motifs is 1. The van der Waals surface area contributed by atoms with Gasteiger partial charge in [-0.05, 0) is 24.3 Å². The van der Waals surface area contributed by atoms with E-state index in [2.05, 4.69) is 25.7 Å². The predicted molar refractivity (Wildman–Crippen MR) is 101 cm³/mol. The number of ether oxygens (including phenoxy) is 1. The van der Waals surface area contributed by atoms with Crippen LogP contribution in [0.2, 0.25) is 0 Å². The minimum atomic E-state index is -0.198. The lowest BCUT2D eigenvalue weighted by Gasteiger charge is -2.06. The molecule has 0 radical (unpaired) electrons. The number of aromatic nitrogens is 5. The van der Waals surface area contributed by atoms with Crippen LogP contribution in [0.1, 0.15) is 18.6 Å². The molecule has 0 atom stereocenters. The first-order chi connectivity index (χ1) is 13.7. The Morgan fingerprint density at radius 1 is 1.25 bits per heavy atom. The van der Waals surface area contributed by atoms with E-state index in [1.54, 1.807) is 35.9 Å². The maximum atomic E-state index is 12.4. The first kappa shape index (κ1) is 17.7. The highest BCUT2D eigenvalue weighted by atomic mass is 16.5. The van der Waals surface area contributed by atoms with Gasteiger partial charge in [-0.15, -0.1) is 10.2 Å². The quantitative estimate of drug-likeness (QED) is 0.549. The molecule has 4 aromatic rings. The lowest BCUT2D eigenvalue weighted by atomic mass is 10.2. The lowest BCUT2D eigenvalue weighted by Crippen LogP contribution is -2.16. The van der Waals surface area contributed by atoms with Crippen LogP contribution in [0.5, 0.6) is 5.75 Å². The van der Waals surface area contributed by atoms with E-state index in [1.165, 1.54) is 0 Å². The molecule has 9 nitrogen and oxygen atoms in total. The molecule has 0 aliphatic carbocycles. The molecule has 1 aromatic carbocycles. The number of amides is 1. The van der Waals surface area contributed by atoms with Crippen molar-refractivity contribution in [3.05, 3.63) is 54.2 Å². The molecule has 0 aliphatic heterocycles. The first-order valence-electron chi connectivity index (χ1n) is 8.77. The zero-order valence-corrected chi connectivity index (χ0v) is 15.4. The number of nitrogens with one attached hydrogen (secondary N) is 1. The summed E-state index contributed by atoms with van der Waals surface area (Å²) in [5.41, 5.74) is 2.00. The summed E-state index contributed by atoms with van der Waals surface area (Å²) >= 11 is 0. The summed E-state index contributed by atoms with van der Waals surface area (Å²) in [7, 11) is 1.58. The maximum Gasteiger partial charge on any atom is 0.258 e. The fraction of sp³-hybridized carbons (Fsp3) is 0.211. The van der Waals surface area contributed by atoms with Crippen molar-refractivity contribution < 1.29 is 14.1 Å². The number of anilines is 1. The Labute approximate surface area is 160 Å². The zero-order chi connectivity index (χ0) is 19.5. The average Bonchev–Trinajstić information content (AvgIpc) is 3.35. The summed E-state index contributed by atoms with van der Waals surface area (Å²) in [6, 6.07) is 10.8. The predicted octanol–water partition coefficient (Wildman–Crippen LogP) is 2.53. The van der Waals surface area contributed by atoms with Crippen molar-refractivity contribution >= 4 is 17.2 Å². The van der Waals surface area contributed by atoms with Crippen molar-refractivity contribution in [2.75, 3.05) is 12.4 Å². The molecule has 0 bridgehead atoms. The summed E-state index contributed by atoms with van der Waals surface area (Å²) in [5, 5.41) is 15.0. The highest BCUT2D eigenvalue weighted by molar-refractivity contribution is 5.92. The van der Waals surface area contributed by atoms with Crippen molar-refractivity contribution in [3.8, 4) is 17.2 Å². The fourth-order valence-electron chi connectivity index (χ4n) is 2.76. The Balaban J connectivity index is 1.52. The van der Waals surface area contributed by atoms with Crippen LogP contribution in [-0.4, -0.2) is 37.8 Å². The maximum absolute atomic E-state index is 12.4. The van der Waals surface area contributed by atoms with Gasteiger partial charge < -0.3 is 14.6 Å². The van der Waals surface area contributed by atoms with Gasteiger partial charge in [0.05, 0.1) is 13.5 Å². The van der Waals surface area contributed by atoms with Crippen molar-refractivity contribution in [2.24, 2.45) is 0 Å². The summed E-state index contributed by atoms with van der Waals surface area (Å²) in [6.45, 7) is 1.96. The summed E-state index contributed by atoms with van der Waals surface area (Å²) in [5.74, 6) is 2.08. The third-order valence-corrected chi connectivity index (χ3v) is 4.18. The van der Waals surface area contributed by atoms with Gasteiger partial charge in [-0.1, -0.05) is 18.1 Å². The van der Waals surface area contributed by atoms with E-state index < -0.39 is 0 Å². The SMILES string of the molecule is CCc1noc(-c2ccn3c(CC(=O)Nc4cccc(OC)c4)nnc3c2)n1. The van der Waals surface area contributed by atoms with E-state index in [-0.39, 0.29) is 12.3 Å². The van der Waals surface area contributed by atoms with Gasteiger partial charge in [-0.25, -0.2) is 0 Å².